The number of carbonyl (C=O) groups excluding carboxylic acids is 1. The number of hydrogen-bond donors (Lipinski definition) is 1. The SMILES string of the molecule is CC1=CCC(C(=O)NN=Cc2ccncc2)C(c2ccc([N+](=O)[O-])cc2)C1. The van der Waals surface area contributed by atoms with Crippen LogP contribution in [0, 0.1) is 16.0 Å². The van der Waals surface area contributed by atoms with E-state index in [1.54, 1.807) is 42.9 Å². The molecule has 0 saturated carbocycles. The second-order valence-corrected chi connectivity index (χ2v) is 6.57. The van der Waals surface area contributed by atoms with Gasteiger partial charge in [0.15, 0.2) is 0 Å². The highest BCUT2D eigenvalue weighted by Crippen LogP contribution is 2.38. The number of pyridine rings is 1. The first-order valence-electron chi connectivity index (χ1n) is 8.67. The van der Waals surface area contributed by atoms with E-state index in [9.17, 15) is 14.9 Å². The lowest BCUT2D eigenvalue weighted by Gasteiger charge is -2.29. The summed E-state index contributed by atoms with van der Waals surface area (Å²) in [5, 5.41) is 14.9. The molecule has 1 heterocycles. The number of hydrazone groups is 1. The summed E-state index contributed by atoms with van der Waals surface area (Å²) < 4.78 is 0. The Balaban J connectivity index is 1.74. The molecule has 1 aromatic heterocycles. The number of benzene rings is 1. The number of aromatic nitrogens is 1. The summed E-state index contributed by atoms with van der Waals surface area (Å²) in [6.45, 7) is 2.04. The average Bonchev–Trinajstić information content (AvgIpc) is 2.68. The van der Waals surface area contributed by atoms with Gasteiger partial charge in [-0.05, 0) is 48.9 Å². The van der Waals surface area contributed by atoms with Crippen LogP contribution in [0.15, 0.2) is 65.5 Å². The molecule has 7 nitrogen and oxygen atoms in total. The normalized spacial score (nSPS) is 19.5. The van der Waals surface area contributed by atoms with Gasteiger partial charge in [-0.25, -0.2) is 5.43 Å². The van der Waals surface area contributed by atoms with E-state index >= 15 is 0 Å². The Kier molecular flexibility index (Phi) is 5.71. The highest BCUT2D eigenvalue weighted by atomic mass is 16.6. The lowest BCUT2D eigenvalue weighted by molar-refractivity contribution is -0.384. The van der Waals surface area contributed by atoms with Crippen molar-refractivity contribution in [3.63, 3.8) is 0 Å². The van der Waals surface area contributed by atoms with Gasteiger partial charge in [0.1, 0.15) is 0 Å². The molecule has 1 aliphatic rings. The van der Waals surface area contributed by atoms with Gasteiger partial charge >= 0.3 is 0 Å². The van der Waals surface area contributed by atoms with E-state index in [-0.39, 0.29) is 23.4 Å². The van der Waals surface area contributed by atoms with Crippen LogP contribution in [-0.2, 0) is 4.79 Å². The number of amides is 1. The molecule has 1 N–H and O–H groups in total. The van der Waals surface area contributed by atoms with E-state index in [1.807, 2.05) is 6.92 Å². The zero-order chi connectivity index (χ0) is 19.2. The summed E-state index contributed by atoms with van der Waals surface area (Å²) in [6.07, 6.45) is 8.31. The maximum Gasteiger partial charge on any atom is 0.269 e. The first-order valence-corrected chi connectivity index (χ1v) is 8.67. The molecule has 0 fully saturated rings. The maximum atomic E-state index is 12.7. The van der Waals surface area contributed by atoms with Crippen molar-refractivity contribution in [3.8, 4) is 0 Å². The molecule has 7 heteroatoms. The number of nitrogens with zero attached hydrogens (tertiary/aromatic N) is 3. The predicted molar refractivity (Wildman–Crippen MR) is 102 cm³/mol. The minimum Gasteiger partial charge on any atom is -0.273 e. The summed E-state index contributed by atoms with van der Waals surface area (Å²) >= 11 is 0. The first kappa shape index (κ1) is 18.4. The van der Waals surface area contributed by atoms with E-state index in [0.717, 1.165) is 17.5 Å². The average molecular weight is 364 g/mol. The fraction of sp³-hybridized carbons (Fsp3) is 0.250. The molecule has 1 aromatic carbocycles. The van der Waals surface area contributed by atoms with Gasteiger partial charge in [-0.3, -0.25) is 19.9 Å². The summed E-state index contributed by atoms with van der Waals surface area (Å²) in [5.74, 6) is -0.468. The standard InChI is InChI=1S/C20H20N4O3/c1-14-2-7-18(20(25)23-22-13-15-8-10-21-11-9-15)19(12-14)16-3-5-17(6-4-16)24(26)27/h2-6,8-11,13,18-19H,7,12H2,1H3,(H,23,25). The summed E-state index contributed by atoms with van der Waals surface area (Å²) in [5.41, 5.74) is 5.64. The molecule has 1 aliphatic carbocycles. The van der Waals surface area contributed by atoms with E-state index in [1.165, 1.54) is 17.7 Å². The van der Waals surface area contributed by atoms with Crippen molar-refractivity contribution in [2.75, 3.05) is 0 Å². The van der Waals surface area contributed by atoms with Crippen LogP contribution < -0.4 is 5.43 Å². The molecule has 2 unspecified atom stereocenters. The first-order chi connectivity index (χ1) is 13.0. The zero-order valence-corrected chi connectivity index (χ0v) is 14.9. The molecular formula is C20H20N4O3. The van der Waals surface area contributed by atoms with Gasteiger partial charge in [-0.1, -0.05) is 23.8 Å². The van der Waals surface area contributed by atoms with Gasteiger partial charge in [-0.2, -0.15) is 5.10 Å². The van der Waals surface area contributed by atoms with Crippen molar-refractivity contribution >= 4 is 17.8 Å². The van der Waals surface area contributed by atoms with Crippen LogP contribution >= 0.6 is 0 Å². The smallest absolute Gasteiger partial charge is 0.269 e. The minimum atomic E-state index is -0.423. The molecule has 0 spiro atoms. The Morgan fingerprint density at radius 2 is 1.96 bits per heavy atom. The molecular weight excluding hydrogens is 344 g/mol. The van der Waals surface area contributed by atoms with Crippen molar-refractivity contribution in [2.45, 2.75) is 25.7 Å². The van der Waals surface area contributed by atoms with Gasteiger partial charge in [0, 0.05) is 24.5 Å². The molecule has 2 aromatic rings. The summed E-state index contributed by atoms with van der Waals surface area (Å²) in [6, 6.07) is 10.0. The molecule has 2 atom stereocenters. The Labute approximate surface area is 157 Å². The Hall–Kier alpha value is -3.35. The largest absolute Gasteiger partial charge is 0.273 e. The van der Waals surface area contributed by atoms with Gasteiger partial charge in [0.05, 0.1) is 17.1 Å². The number of hydrogen-bond acceptors (Lipinski definition) is 5. The topological polar surface area (TPSA) is 97.5 Å². The molecule has 1 amide bonds. The number of nitro groups is 1. The third-order valence-electron chi connectivity index (χ3n) is 4.71. The van der Waals surface area contributed by atoms with Crippen LogP contribution in [0.2, 0.25) is 0 Å². The monoisotopic (exact) mass is 364 g/mol. The second-order valence-electron chi connectivity index (χ2n) is 6.57. The number of non-ortho nitro benzene ring substituents is 1. The van der Waals surface area contributed by atoms with Crippen LogP contribution in [0.25, 0.3) is 0 Å². The Morgan fingerprint density at radius 1 is 1.26 bits per heavy atom. The van der Waals surface area contributed by atoms with E-state index in [0.29, 0.717) is 6.42 Å². The fourth-order valence-corrected chi connectivity index (χ4v) is 3.25. The number of allylic oxidation sites excluding steroid dienone is 2. The van der Waals surface area contributed by atoms with Crippen LogP contribution in [0.1, 0.15) is 36.8 Å². The number of rotatable bonds is 5. The van der Waals surface area contributed by atoms with Crippen LogP contribution in [0.4, 0.5) is 5.69 Å². The molecule has 0 saturated heterocycles. The van der Waals surface area contributed by atoms with Crippen LogP contribution in [-0.4, -0.2) is 22.0 Å². The van der Waals surface area contributed by atoms with Crippen molar-refractivity contribution in [1.29, 1.82) is 0 Å². The van der Waals surface area contributed by atoms with Gasteiger partial charge in [0.25, 0.3) is 5.69 Å². The molecule has 27 heavy (non-hydrogen) atoms. The number of nitro benzene ring substituents is 1. The number of nitrogens with one attached hydrogen (secondary N) is 1. The van der Waals surface area contributed by atoms with E-state index in [2.05, 4.69) is 21.6 Å². The maximum absolute atomic E-state index is 12.7. The van der Waals surface area contributed by atoms with Gasteiger partial charge < -0.3 is 0 Å². The predicted octanol–water partition coefficient (Wildman–Crippen LogP) is 3.58. The lowest BCUT2D eigenvalue weighted by atomic mass is 9.75. The Bertz CT molecular complexity index is 876. The fourth-order valence-electron chi connectivity index (χ4n) is 3.25. The zero-order valence-electron chi connectivity index (χ0n) is 14.9. The van der Waals surface area contributed by atoms with Crippen LogP contribution in [0.5, 0.6) is 0 Å². The highest BCUT2D eigenvalue weighted by molar-refractivity contribution is 5.84. The van der Waals surface area contributed by atoms with Crippen LogP contribution in [0.3, 0.4) is 0 Å². The van der Waals surface area contributed by atoms with Crippen molar-refractivity contribution in [3.05, 3.63) is 81.7 Å². The van der Waals surface area contributed by atoms with E-state index in [4.69, 9.17) is 0 Å². The molecule has 0 bridgehead atoms. The minimum absolute atomic E-state index is 0.0353. The van der Waals surface area contributed by atoms with Gasteiger partial charge in [0.2, 0.25) is 5.91 Å². The highest BCUT2D eigenvalue weighted by Gasteiger charge is 2.31. The second kappa shape index (κ2) is 8.35. The summed E-state index contributed by atoms with van der Waals surface area (Å²) in [4.78, 5) is 27.0. The third kappa shape index (κ3) is 4.63. The Morgan fingerprint density at radius 3 is 2.63 bits per heavy atom. The van der Waals surface area contributed by atoms with Crippen molar-refractivity contribution in [1.82, 2.24) is 10.4 Å². The van der Waals surface area contributed by atoms with Crippen molar-refractivity contribution < 1.29 is 9.72 Å². The molecule has 138 valence electrons. The number of carbonyl (C=O) groups is 1. The molecule has 3 rings (SSSR count). The summed E-state index contributed by atoms with van der Waals surface area (Å²) in [7, 11) is 0. The molecule has 0 aliphatic heterocycles. The van der Waals surface area contributed by atoms with Crippen molar-refractivity contribution in [2.24, 2.45) is 11.0 Å². The lowest BCUT2D eigenvalue weighted by Crippen LogP contribution is -2.33. The van der Waals surface area contributed by atoms with E-state index < -0.39 is 4.92 Å². The molecule has 0 radical (unpaired) electrons. The third-order valence-corrected chi connectivity index (χ3v) is 4.71. The quantitative estimate of drug-likeness (QED) is 0.379. The van der Waals surface area contributed by atoms with Gasteiger partial charge in [-0.15, -0.1) is 0 Å².